The Morgan fingerprint density at radius 1 is 1.15 bits per heavy atom. The van der Waals surface area contributed by atoms with E-state index in [9.17, 15) is 0 Å². The molecule has 0 saturated carbocycles. The molecule has 0 N–H and O–H groups in total. The fraction of sp³-hybridized carbons (Fsp3) is 0.0909. The van der Waals surface area contributed by atoms with Crippen molar-refractivity contribution in [1.82, 2.24) is 0 Å². The van der Waals surface area contributed by atoms with E-state index in [1.165, 1.54) is 0 Å². The van der Waals surface area contributed by atoms with Crippen LogP contribution in [-0.4, -0.2) is 6.79 Å². The van der Waals surface area contributed by atoms with Gasteiger partial charge in [0.1, 0.15) is 0 Å². The Morgan fingerprint density at radius 2 is 2.15 bits per heavy atom. The molecule has 0 amide bonds. The second-order valence-electron chi connectivity index (χ2n) is 2.95. The second-order valence-corrected chi connectivity index (χ2v) is 2.95. The Morgan fingerprint density at radius 3 is 3.15 bits per heavy atom. The third-order valence-corrected chi connectivity index (χ3v) is 2.20. The summed E-state index contributed by atoms with van der Waals surface area (Å²) in [4.78, 5) is 0. The molecule has 2 nitrogen and oxygen atoms in total. The summed E-state index contributed by atoms with van der Waals surface area (Å²) in [5, 5.41) is 2.22. The van der Waals surface area contributed by atoms with Crippen molar-refractivity contribution in [2.75, 3.05) is 6.79 Å². The molecule has 0 spiro atoms. The van der Waals surface area contributed by atoms with Gasteiger partial charge in [-0.05, 0) is 29.7 Å². The Labute approximate surface area is 75.7 Å². The summed E-state index contributed by atoms with van der Waals surface area (Å²) in [6.45, 7) is 0.326. The van der Waals surface area contributed by atoms with Gasteiger partial charge in [-0.2, -0.15) is 0 Å². The SMILES string of the molecule is [c]1ccc2c3c(ccc2c1)OCO3. The van der Waals surface area contributed by atoms with Crippen molar-refractivity contribution in [1.29, 1.82) is 0 Å². The van der Waals surface area contributed by atoms with Gasteiger partial charge in [-0.1, -0.05) is 12.1 Å². The van der Waals surface area contributed by atoms with E-state index in [4.69, 9.17) is 9.47 Å². The van der Waals surface area contributed by atoms with E-state index >= 15 is 0 Å². The lowest BCUT2D eigenvalue weighted by atomic mass is 10.1. The number of hydrogen-bond acceptors (Lipinski definition) is 2. The Balaban J connectivity index is 2.43. The Bertz CT molecular complexity index is 463. The fourth-order valence-electron chi connectivity index (χ4n) is 1.58. The molecular formula is C11H7O2. The molecule has 1 radical (unpaired) electrons. The Kier molecular flexibility index (Phi) is 1.25. The molecule has 13 heavy (non-hydrogen) atoms. The van der Waals surface area contributed by atoms with Crippen molar-refractivity contribution in [2.45, 2.75) is 0 Å². The van der Waals surface area contributed by atoms with E-state index in [1.54, 1.807) is 0 Å². The lowest BCUT2D eigenvalue weighted by molar-refractivity contribution is 0.175. The minimum absolute atomic E-state index is 0.326. The molecule has 3 rings (SSSR count). The van der Waals surface area contributed by atoms with Gasteiger partial charge in [0.25, 0.3) is 0 Å². The first-order valence-corrected chi connectivity index (χ1v) is 4.13. The molecule has 0 saturated heterocycles. The molecule has 2 heteroatoms. The van der Waals surface area contributed by atoms with Crippen LogP contribution in [0.15, 0.2) is 30.3 Å². The molecule has 0 fully saturated rings. The van der Waals surface area contributed by atoms with Crippen LogP contribution in [0.25, 0.3) is 10.8 Å². The van der Waals surface area contributed by atoms with E-state index in [0.717, 1.165) is 22.3 Å². The first-order valence-electron chi connectivity index (χ1n) is 4.13. The highest BCUT2D eigenvalue weighted by molar-refractivity contribution is 5.90. The largest absolute Gasteiger partial charge is 0.454 e. The normalized spacial score (nSPS) is 13.5. The molecule has 63 valence electrons. The van der Waals surface area contributed by atoms with Crippen molar-refractivity contribution < 1.29 is 9.47 Å². The summed E-state index contributed by atoms with van der Waals surface area (Å²) in [6.07, 6.45) is 0. The summed E-state index contributed by atoms with van der Waals surface area (Å²) in [6, 6.07) is 12.8. The molecule has 2 aromatic rings. The standard InChI is InChI=1S/C11H7O2/c1-2-4-9-8(3-1)5-6-10-11(9)13-7-12-10/h2-6H,7H2. The van der Waals surface area contributed by atoms with Crippen molar-refractivity contribution in [3.8, 4) is 11.5 Å². The van der Waals surface area contributed by atoms with E-state index in [1.807, 2.05) is 30.3 Å². The van der Waals surface area contributed by atoms with Crippen molar-refractivity contribution in [2.24, 2.45) is 0 Å². The summed E-state index contributed by atoms with van der Waals surface area (Å²) in [5.41, 5.74) is 0. The molecule has 0 atom stereocenters. The average Bonchev–Trinajstić information content (AvgIpc) is 2.65. The van der Waals surface area contributed by atoms with Crippen LogP contribution in [0.4, 0.5) is 0 Å². The number of fused-ring (bicyclic) bond motifs is 3. The van der Waals surface area contributed by atoms with Crippen LogP contribution in [0.1, 0.15) is 0 Å². The zero-order chi connectivity index (χ0) is 8.67. The van der Waals surface area contributed by atoms with Crippen LogP contribution < -0.4 is 9.47 Å². The quantitative estimate of drug-likeness (QED) is 0.605. The monoisotopic (exact) mass is 171 g/mol. The van der Waals surface area contributed by atoms with Crippen LogP contribution in [0, 0.1) is 6.07 Å². The Hall–Kier alpha value is -1.70. The molecule has 0 aromatic heterocycles. The lowest BCUT2D eigenvalue weighted by Gasteiger charge is -2.00. The zero-order valence-electron chi connectivity index (χ0n) is 6.91. The first kappa shape index (κ1) is 6.78. The number of ether oxygens (including phenoxy) is 2. The van der Waals surface area contributed by atoms with Crippen LogP contribution in [0.2, 0.25) is 0 Å². The predicted molar refractivity (Wildman–Crippen MR) is 48.9 cm³/mol. The minimum atomic E-state index is 0.326. The fourth-order valence-corrected chi connectivity index (χ4v) is 1.58. The minimum Gasteiger partial charge on any atom is -0.454 e. The third-order valence-electron chi connectivity index (χ3n) is 2.20. The number of rotatable bonds is 0. The van der Waals surface area contributed by atoms with E-state index < -0.39 is 0 Å². The average molecular weight is 171 g/mol. The highest BCUT2D eigenvalue weighted by Gasteiger charge is 2.15. The lowest BCUT2D eigenvalue weighted by Crippen LogP contribution is -1.93. The van der Waals surface area contributed by atoms with Crippen LogP contribution >= 0.6 is 0 Å². The number of benzene rings is 2. The van der Waals surface area contributed by atoms with Crippen LogP contribution in [0.3, 0.4) is 0 Å². The van der Waals surface area contributed by atoms with E-state index in [2.05, 4.69) is 6.07 Å². The molecule has 1 aliphatic rings. The highest BCUT2D eigenvalue weighted by atomic mass is 16.7. The summed E-state index contributed by atoms with van der Waals surface area (Å²) < 4.78 is 10.6. The maximum absolute atomic E-state index is 5.38. The van der Waals surface area contributed by atoms with Crippen molar-refractivity contribution in [3.05, 3.63) is 36.4 Å². The van der Waals surface area contributed by atoms with Gasteiger partial charge in [0.15, 0.2) is 11.5 Å². The molecule has 1 aliphatic heterocycles. The topological polar surface area (TPSA) is 18.5 Å². The molecule has 0 bridgehead atoms. The molecule has 2 aromatic carbocycles. The van der Waals surface area contributed by atoms with Crippen LogP contribution in [-0.2, 0) is 0 Å². The summed E-state index contributed by atoms with van der Waals surface area (Å²) in [7, 11) is 0. The maximum Gasteiger partial charge on any atom is 0.231 e. The predicted octanol–water partition coefficient (Wildman–Crippen LogP) is 2.37. The highest BCUT2D eigenvalue weighted by Crippen LogP contribution is 2.38. The number of hydrogen-bond donors (Lipinski definition) is 0. The third kappa shape index (κ3) is 0.886. The molecule has 1 heterocycles. The van der Waals surface area contributed by atoms with E-state index in [0.29, 0.717) is 6.79 Å². The zero-order valence-corrected chi connectivity index (χ0v) is 6.91. The van der Waals surface area contributed by atoms with Gasteiger partial charge in [-0.15, -0.1) is 0 Å². The summed E-state index contributed by atoms with van der Waals surface area (Å²) >= 11 is 0. The smallest absolute Gasteiger partial charge is 0.231 e. The molecule has 0 unspecified atom stereocenters. The summed E-state index contributed by atoms with van der Waals surface area (Å²) in [5.74, 6) is 1.69. The van der Waals surface area contributed by atoms with Gasteiger partial charge in [-0.25, -0.2) is 0 Å². The molecule has 0 aliphatic carbocycles. The van der Waals surface area contributed by atoms with Crippen molar-refractivity contribution >= 4 is 10.8 Å². The van der Waals surface area contributed by atoms with Gasteiger partial charge in [0.05, 0.1) is 0 Å². The molecular weight excluding hydrogens is 164 g/mol. The second kappa shape index (κ2) is 2.39. The van der Waals surface area contributed by atoms with Crippen LogP contribution in [0.5, 0.6) is 11.5 Å². The van der Waals surface area contributed by atoms with Gasteiger partial charge in [0.2, 0.25) is 6.79 Å². The van der Waals surface area contributed by atoms with Gasteiger partial charge >= 0.3 is 0 Å². The van der Waals surface area contributed by atoms with Gasteiger partial charge in [0, 0.05) is 5.39 Å². The van der Waals surface area contributed by atoms with Gasteiger partial charge < -0.3 is 9.47 Å². The maximum atomic E-state index is 5.38. The first-order chi connectivity index (χ1) is 6.45. The van der Waals surface area contributed by atoms with E-state index in [-0.39, 0.29) is 0 Å². The van der Waals surface area contributed by atoms with Gasteiger partial charge in [-0.3, -0.25) is 0 Å². The van der Waals surface area contributed by atoms with Crippen molar-refractivity contribution in [3.63, 3.8) is 0 Å².